The minimum Gasteiger partial charge on any atom is -0.462 e. The SMILES string of the molecule is CCCCCCCCCCCCCCCCCCCC(=O)OC[C@H](COC(=O)CCCCCCCCCCCCCCCC(C)C)OC(=O)CCCCCCCCCCCCCC(C)C. The number of hydrogen-bond donors (Lipinski definition) is 0. The molecule has 6 heteroatoms. The summed E-state index contributed by atoms with van der Waals surface area (Å²) in [7, 11) is 0. The molecular formula is C59H114O6. The van der Waals surface area contributed by atoms with Crippen molar-refractivity contribution in [3.8, 4) is 0 Å². The van der Waals surface area contributed by atoms with Crippen molar-refractivity contribution >= 4 is 17.9 Å². The van der Waals surface area contributed by atoms with Gasteiger partial charge < -0.3 is 14.2 Å². The number of esters is 3. The van der Waals surface area contributed by atoms with E-state index in [1.807, 2.05) is 0 Å². The molecule has 0 aromatic rings. The molecule has 0 saturated carbocycles. The van der Waals surface area contributed by atoms with Crippen LogP contribution in [-0.4, -0.2) is 37.2 Å². The van der Waals surface area contributed by atoms with Gasteiger partial charge in [0.1, 0.15) is 13.2 Å². The van der Waals surface area contributed by atoms with Crippen molar-refractivity contribution in [2.45, 2.75) is 336 Å². The first-order valence-corrected chi connectivity index (χ1v) is 29.2. The zero-order valence-electron chi connectivity index (χ0n) is 44.6. The van der Waals surface area contributed by atoms with Crippen molar-refractivity contribution in [1.29, 1.82) is 0 Å². The topological polar surface area (TPSA) is 78.9 Å². The van der Waals surface area contributed by atoms with Crippen LogP contribution in [0.1, 0.15) is 330 Å². The van der Waals surface area contributed by atoms with Crippen molar-refractivity contribution in [2.75, 3.05) is 13.2 Å². The normalized spacial score (nSPS) is 12.0. The molecule has 1 atom stereocenters. The third-order valence-electron chi connectivity index (χ3n) is 13.5. The second-order valence-electron chi connectivity index (χ2n) is 21.2. The number of rotatable bonds is 53. The Labute approximate surface area is 406 Å². The largest absolute Gasteiger partial charge is 0.462 e. The summed E-state index contributed by atoms with van der Waals surface area (Å²) in [6, 6.07) is 0. The maximum atomic E-state index is 12.8. The fourth-order valence-electron chi connectivity index (χ4n) is 9.05. The van der Waals surface area contributed by atoms with E-state index in [1.54, 1.807) is 0 Å². The highest BCUT2D eigenvalue weighted by molar-refractivity contribution is 5.71. The molecule has 65 heavy (non-hydrogen) atoms. The molecule has 0 spiro atoms. The van der Waals surface area contributed by atoms with Gasteiger partial charge in [0.25, 0.3) is 0 Å². The molecule has 0 amide bonds. The number of carbonyl (C=O) groups excluding carboxylic acids is 3. The molecule has 0 heterocycles. The van der Waals surface area contributed by atoms with E-state index >= 15 is 0 Å². The van der Waals surface area contributed by atoms with E-state index in [1.165, 1.54) is 218 Å². The Morgan fingerprint density at radius 3 is 0.754 bits per heavy atom. The molecule has 0 aromatic heterocycles. The van der Waals surface area contributed by atoms with E-state index in [2.05, 4.69) is 34.6 Å². The molecule has 386 valence electrons. The fraction of sp³-hybridized carbons (Fsp3) is 0.949. The average molecular weight is 920 g/mol. The van der Waals surface area contributed by atoms with Crippen LogP contribution >= 0.6 is 0 Å². The van der Waals surface area contributed by atoms with Crippen LogP contribution in [0.4, 0.5) is 0 Å². The van der Waals surface area contributed by atoms with Crippen LogP contribution in [0.5, 0.6) is 0 Å². The standard InChI is InChI=1S/C59H114O6/c1-6-7-8-9-10-11-12-13-14-15-16-19-24-29-34-39-44-49-57(60)63-52-56(65-59(62)51-46-41-36-31-26-21-23-28-33-38-43-48-55(4)5)53-64-58(61)50-45-40-35-30-25-20-17-18-22-27-32-37-42-47-54(2)3/h54-56H,6-53H2,1-5H3/t56-/m1/s1. The van der Waals surface area contributed by atoms with Gasteiger partial charge in [0.15, 0.2) is 6.10 Å². The lowest BCUT2D eigenvalue weighted by Crippen LogP contribution is -2.30. The molecule has 0 unspecified atom stereocenters. The van der Waals surface area contributed by atoms with Crippen molar-refractivity contribution < 1.29 is 28.6 Å². The van der Waals surface area contributed by atoms with Crippen LogP contribution in [0.2, 0.25) is 0 Å². The van der Waals surface area contributed by atoms with Gasteiger partial charge in [0.05, 0.1) is 0 Å². The van der Waals surface area contributed by atoms with E-state index in [-0.39, 0.29) is 31.1 Å². The lowest BCUT2D eigenvalue weighted by Gasteiger charge is -2.18. The molecule has 6 nitrogen and oxygen atoms in total. The first-order valence-electron chi connectivity index (χ1n) is 29.2. The van der Waals surface area contributed by atoms with Crippen LogP contribution in [0.25, 0.3) is 0 Å². The van der Waals surface area contributed by atoms with Crippen molar-refractivity contribution in [2.24, 2.45) is 11.8 Å². The van der Waals surface area contributed by atoms with Gasteiger partial charge in [0, 0.05) is 19.3 Å². The van der Waals surface area contributed by atoms with Crippen LogP contribution in [0.15, 0.2) is 0 Å². The Bertz CT molecular complexity index is 993. The second kappa shape index (κ2) is 51.8. The van der Waals surface area contributed by atoms with Gasteiger partial charge in [0.2, 0.25) is 0 Å². The highest BCUT2D eigenvalue weighted by Gasteiger charge is 2.19. The molecule has 0 saturated heterocycles. The zero-order valence-corrected chi connectivity index (χ0v) is 44.6. The zero-order chi connectivity index (χ0) is 47.5. The third-order valence-corrected chi connectivity index (χ3v) is 13.5. The summed E-state index contributed by atoms with van der Waals surface area (Å²) in [4.78, 5) is 38.2. The quantitative estimate of drug-likeness (QED) is 0.0344. The molecule has 0 aliphatic rings. The minimum absolute atomic E-state index is 0.0627. The summed E-state index contributed by atoms with van der Waals surface area (Å²) in [5.41, 5.74) is 0. The number of carbonyl (C=O) groups is 3. The van der Waals surface area contributed by atoms with Crippen LogP contribution in [-0.2, 0) is 28.6 Å². The Kier molecular flexibility index (Phi) is 50.5. The molecular weight excluding hydrogens is 805 g/mol. The predicted octanol–water partition coefficient (Wildman–Crippen LogP) is 19.3. The summed E-state index contributed by atoms with van der Waals surface area (Å²) in [6.45, 7) is 11.4. The van der Waals surface area contributed by atoms with Gasteiger partial charge in [-0.3, -0.25) is 14.4 Å². The Morgan fingerprint density at radius 1 is 0.292 bits per heavy atom. The van der Waals surface area contributed by atoms with Gasteiger partial charge in [-0.15, -0.1) is 0 Å². The highest BCUT2D eigenvalue weighted by atomic mass is 16.6. The van der Waals surface area contributed by atoms with Crippen LogP contribution < -0.4 is 0 Å². The van der Waals surface area contributed by atoms with Crippen molar-refractivity contribution in [3.63, 3.8) is 0 Å². The molecule has 0 bridgehead atoms. The van der Waals surface area contributed by atoms with Crippen LogP contribution in [0.3, 0.4) is 0 Å². The molecule has 0 aliphatic carbocycles. The van der Waals surface area contributed by atoms with E-state index < -0.39 is 6.10 Å². The molecule has 0 aliphatic heterocycles. The monoisotopic (exact) mass is 919 g/mol. The first-order chi connectivity index (χ1) is 31.7. The first kappa shape index (κ1) is 63.4. The lowest BCUT2D eigenvalue weighted by atomic mass is 10.0. The number of ether oxygens (including phenoxy) is 3. The Balaban J connectivity index is 4.29. The maximum Gasteiger partial charge on any atom is 0.306 e. The predicted molar refractivity (Wildman–Crippen MR) is 280 cm³/mol. The fourth-order valence-corrected chi connectivity index (χ4v) is 9.05. The second-order valence-corrected chi connectivity index (χ2v) is 21.2. The molecule has 0 rings (SSSR count). The average Bonchev–Trinajstić information content (AvgIpc) is 3.28. The van der Waals surface area contributed by atoms with Gasteiger partial charge in [-0.25, -0.2) is 0 Å². The van der Waals surface area contributed by atoms with Crippen molar-refractivity contribution in [3.05, 3.63) is 0 Å². The summed E-state index contributed by atoms with van der Waals surface area (Å²) in [6.07, 6.45) is 55.2. The van der Waals surface area contributed by atoms with Gasteiger partial charge >= 0.3 is 17.9 Å². The summed E-state index contributed by atoms with van der Waals surface area (Å²) in [5, 5.41) is 0. The Morgan fingerprint density at radius 2 is 0.508 bits per heavy atom. The van der Waals surface area contributed by atoms with Crippen molar-refractivity contribution in [1.82, 2.24) is 0 Å². The number of hydrogen-bond acceptors (Lipinski definition) is 6. The van der Waals surface area contributed by atoms with E-state index in [0.717, 1.165) is 69.6 Å². The van der Waals surface area contributed by atoms with Crippen LogP contribution in [0, 0.1) is 11.8 Å². The molecule has 0 radical (unpaired) electrons. The summed E-state index contributed by atoms with van der Waals surface area (Å²) in [5.74, 6) is 0.826. The van der Waals surface area contributed by atoms with Gasteiger partial charge in [-0.05, 0) is 31.1 Å². The van der Waals surface area contributed by atoms with Gasteiger partial charge in [-0.2, -0.15) is 0 Å². The molecule has 0 fully saturated rings. The maximum absolute atomic E-state index is 12.8. The van der Waals surface area contributed by atoms with Gasteiger partial charge in [-0.1, -0.05) is 291 Å². The minimum atomic E-state index is -0.763. The smallest absolute Gasteiger partial charge is 0.306 e. The highest BCUT2D eigenvalue weighted by Crippen LogP contribution is 2.18. The third kappa shape index (κ3) is 53.2. The van der Waals surface area contributed by atoms with E-state index in [0.29, 0.717) is 19.3 Å². The lowest BCUT2D eigenvalue weighted by molar-refractivity contribution is -0.167. The van der Waals surface area contributed by atoms with E-state index in [4.69, 9.17) is 14.2 Å². The summed E-state index contributed by atoms with van der Waals surface area (Å²) >= 11 is 0. The summed E-state index contributed by atoms with van der Waals surface area (Å²) < 4.78 is 16.9. The molecule has 0 N–H and O–H groups in total. The van der Waals surface area contributed by atoms with E-state index in [9.17, 15) is 14.4 Å². The number of unbranched alkanes of at least 4 members (excludes halogenated alkanes) is 38. The Hall–Kier alpha value is -1.59. The molecule has 0 aromatic carbocycles.